The highest BCUT2D eigenvalue weighted by atomic mass is 32.2. The van der Waals surface area contributed by atoms with E-state index in [-0.39, 0.29) is 0 Å². The minimum absolute atomic E-state index is 0.730. The van der Waals surface area contributed by atoms with Gasteiger partial charge in [-0.1, -0.05) is 6.92 Å². The minimum atomic E-state index is 0.730. The average Bonchev–Trinajstić information content (AvgIpc) is 2.40. The lowest BCUT2D eigenvalue weighted by Gasteiger charge is -2.32. The van der Waals surface area contributed by atoms with Gasteiger partial charge in [0.2, 0.25) is 0 Å². The maximum Gasteiger partial charge on any atom is 0.149 e. The monoisotopic (exact) mass is 252 g/mol. The van der Waals surface area contributed by atoms with Crippen LogP contribution in [-0.2, 0) is 0 Å². The maximum atomic E-state index is 4.60. The molecule has 0 radical (unpaired) electrons. The summed E-state index contributed by atoms with van der Waals surface area (Å²) in [7, 11) is 0. The predicted octanol–water partition coefficient (Wildman–Crippen LogP) is 2.24. The molecular formula is C12H20N4S. The summed E-state index contributed by atoms with van der Waals surface area (Å²) in [6.07, 6.45) is 4.87. The Labute approximate surface area is 107 Å². The molecule has 1 aliphatic rings. The van der Waals surface area contributed by atoms with Crippen molar-refractivity contribution in [2.75, 3.05) is 35.6 Å². The molecule has 0 saturated carbocycles. The third kappa shape index (κ3) is 3.25. The molecule has 1 atom stereocenters. The lowest BCUT2D eigenvalue weighted by molar-refractivity contribution is 0.718. The summed E-state index contributed by atoms with van der Waals surface area (Å²) in [5.74, 6) is 3.06. The lowest BCUT2D eigenvalue weighted by Crippen LogP contribution is -2.38. The van der Waals surface area contributed by atoms with Gasteiger partial charge >= 0.3 is 0 Å². The average molecular weight is 252 g/mol. The van der Waals surface area contributed by atoms with E-state index < -0.39 is 0 Å². The van der Waals surface area contributed by atoms with Crippen molar-refractivity contribution in [1.82, 2.24) is 9.97 Å². The molecular weight excluding hydrogens is 232 g/mol. The fourth-order valence-electron chi connectivity index (χ4n) is 1.95. The van der Waals surface area contributed by atoms with Gasteiger partial charge in [-0.25, -0.2) is 4.98 Å². The third-order valence-corrected chi connectivity index (χ3v) is 4.27. The normalized spacial score (nSPS) is 20.4. The maximum absolute atomic E-state index is 4.60. The van der Waals surface area contributed by atoms with E-state index in [4.69, 9.17) is 0 Å². The molecule has 1 unspecified atom stereocenters. The van der Waals surface area contributed by atoms with Crippen LogP contribution in [0.3, 0.4) is 0 Å². The summed E-state index contributed by atoms with van der Waals surface area (Å²) in [4.78, 5) is 11.2. The van der Waals surface area contributed by atoms with E-state index in [2.05, 4.69) is 45.8 Å². The molecule has 17 heavy (non-hydrogen) atoms. The number of thioether (sulfide) groups is 1. The van der Waals surface area contributed by atoms with Gasteiger partial charge in [0.15, 0.2) is 0 Å². The first kappa shape index (κ1) is 12.5. The highest BCUT2D eigenvalue weighted by Gasteiger charge is 2.20. The van der Waals surface area contributed by atoms with Gasteiger partial charge < -0.3 is 10.2 Å². The summed E-state index contributed by atoms with van der Waals surface area (Å²) in [6, 6.07) is 0. The Balaban J connectivity index is 2.07. The number of anilines is 2. The zero-order valence-electron chi connectivity index (χ0n) is 10.5. The molecule has 2 heterocycles. The summed E-state index contributed by atoms with van der Waals surface area (Å²) in [6.45, 7) is 7.36. The van der Waals surface area contributed by atoms with Crippen molar-refractivity contribution in [3.05, 3.63) is 12.4 Å². The molecule has 1 N–H and O–H groups in total. The lowest BCUT2D eigenvalue weighted by atomic mass is 10.3. The van der Waals surface area contributed by atoms with E-state index in [0.29, 0.717) is 0 Å². The van der Waals surface area contributed by atoms with Crippen molar-refractivity contribution in [3.8, 4) is 0 Å². The first-order chi connectivity index (χ1) is 8.33. The molecule has 1 aromatic rings. The van der Waals surface area contributed by atoms with Crippen molar-refractivity contribution in [2.24, 2.45) is 0 Å². The molecule has 0 amide bonds. The molecule has 94 valence electrons. The summed E-state index contributed by atoms with van der Waals surface area (Å²) < 4.78 is 0. The molecule has 1 saturated heterocycles. The highest BCUT2D eigenvalue weighted by Crippen LogP contribution is 2.24. The smallest absolute Gasteiger partial charge is 0.149 e. The Kier molecular flexibility index (Phi) is 4.48. The van der Waals surface area contributed by atoms with Crippen molar-refractivity contribution >= 4 is 23.4 Å². The first-order valence-electron chi connectivity index (χ1n) is 6.26. The molecule has 1 fully saturated rings. The first-order valence-corrected chi connectivity index (χ1v) is 7.30. The Morgan fingerprint density at radius 3 is 3.12 bits per heavy atom. The summed E-state index contributed by atoms with van der Waals surface area (Å²) in [5.41, 5.74) is 0. The number of hydrogen-bond donors (Lipinski definition) is 1. The van der Waals surface area contributed by atoms with Gasteiger partial charge in [0, 0.05) is 30.6 Å². The van der Waals surface area contributed by atoms with Crippen LogP contribution in [0, 0.1) is 0 Å². The predicted molar refractivity (Wildman–Crippen MR) is 74.9 cm³/mol. The van der Waals surface area contributed by atoms with Gasteiger partial charge in [-0.15, -0.1) is 0 Å². The van der Waals surface area contributed by atoms with Crippen molar-refractivity contribution in [1.29, 1.82) is 0 Å². The Hall–Kier alpha value is -0.970. The molecule has 1 aromatic heterocycles. The number of aromatic nitrogens is 2. The van der Waals surface area contributed by atoms with Crippen LogP contribution in [0.1, 0.15) is 20.3 Å². The zero-order chi connectivity index (χ0) is 12.1. The second-order valence-corrected chi connectivity index (χ2v) is 5.55. The largest absolute Gasteiger partial charge is 0.369 e. The minimum Gasteiger partial charge on any atom is -0.369 e. The molecule has 0 spiro atoms. The van der Waals surface area contributed by atoms with E-state index in [9.17, 15) is 0 Å². The highest BCUT2D eigenvalue weighted by molar-refractivity contribution is 8.00. The van der Waals surface area contributed by atoms with E-state index in [1.54, 1.807) is 6.20 Å². The van der Waals surface area contributed by atoms with Gasteiger partial charge in [-0.2, -0.15) is 11.8 Å². The fourth-order valence-corrected chi connectivity index (χ4v) is 3.13. The van der Waals surface area contributed by atoms with Gasteiger partial charge in [0.1, 0.15) is 11.6 Å². The van der Waals surface area contributed by atoms with Crippen LogP contribution in [-0.4, -0.2) is 40.6 Å². The van der Waals surface area contributed by atoms with Gasteiger partial charge in [-0.05, 0) is 13.3 Å². The third-order valence-electron chi connectivity index (χ3n) is 2.90. The Morgan fingerprint density at radius 2 is 2.35 bits per heavy atom. The second kappa shape index (κ2) is 6.10. The van der Waals surface area contributed by atoms with Gasteiger partial charge in [-0.3, -0.25) is 4.98 Å². The summed E-state index contributed by atoms with van der Waals surface area (Å²) in [5, 5.41) is 3.94. The van der Waals surface area contributed by atoms with Crippen LogP contribution in [0.15, 0.2) is 12.4 Å². The molecule has 4 nitrogen and oxygen atoms in total. The van der Waals surface area contributed by atoms with E-state index in [0.717, 1.165) is 36.5 Å². The molecule has 0 aliphatic carbocycles. The van der Waals surface area contributed by atoms with Crippen LogP contribution in [0.5, 0.6) is 0 Å². The molecule has 2 rings (SSSR count). The van der Waals surface area contributed by atoms with Crippen LogP contribution in [0.25, 0.3) is 0 Å². The van der Waals surface area contributed by atoms with Crippen molar-refractivity contribution in [3.63, 3.8) is 0 Å². The van der Waals surface area contributed by atoms with Crippen LogP contribution in [0.4, 0.5) is 11.6 Å². The van der Waals surface area contributed by atoms with Crippen LogP contribution in [0.2, 0.25) is 0 Å². The molecule has 0 bridgehead atoms. The van der Waals surface area contributed by atoms with Crippen LogP contribution < -0.4 is 10.2 Å². The Bertz CT molecular complexity index is 358. The quantitative estimate of drug-likeness (QED) is 0.890. The summed E-state index contributed by atoms with van der Waals surface area (Å²) >= 11 is 2.07. The standard InChI is InChI=1S/C12H20N4S/c1-3-10-9-16(5-6-17-10)12-8-13-7-11(15-12)14-4-2/h7-8,10H,3-6,9H2,1-2H3,(H,14,15). The zero-order valence-corrected chi connectivity index (χ0v) is 11.3. The number of rotatable bonds is 4. The van der Waals surface area contributed by atoms with Gasteiger partial charge in [0.25, 0.3) is 0 Å². The number of nitrogens with one attached hydrogen (secondary N) is 1. The van der Waals surface area contributed by atoms with Gasteiger partial charge in [0.05, 0.1) is 12.4 Å². The number of hydrogen-bond acceptors (Lipinski definition) is 5. The van der Waals surface area contributed by atoms with Crippen LogP contribution >= 0.6 is 11.8 Å². The molecule has 0 aromatic carbocycles. The second-order valence-electron chi connectivity index (χ2n) is 4.14. The van der Waals surface area contributed by atoms with E-state index in [1.165, 1.54) is 12.2 Å². The van der Waals surface area contributed by atoms with Crippen molar-refractivity contribution < 1.29 is 0 Å². The Morgan fingerprint density at radius 1 is 1.47 bits per heavy atom. The van der Waals surface area contributed by atoms with E-state index >= 15 is 0 Å². The number of nitrogens with zero attached hydrogens (tertiary/aromatic N) is 3. The fraction of sp³-hybridized carbons (Fsp3) is 0.667. The SMILES string of the molecule is CCNc1cncc(N2CCSC(CC)C2)n1. The van der Waals surface area contributed by atoms with Crippen molar-refractivity contribution in [2.45, 2.75) is 25.5 Å². The van der Waals surface area contributed by atoms with E-state index in [1.807, 2.05) is 6.20 Å². The molecule has 1 aliphatic heterocycles. The molecule has 5 heteroatoms. The topological polar surface area (TPSA) is 41.1 Å².